The maximum atomic E-state index is 3.15. The zero-order valence-electron chi connectivity index (χ0n) is 8.78. The van der Waals surface area contributed by atoms with E-state index >= 15 is 0 Å². The quantitative estimate of drug-likeness (QED) is 0.494. The second-order valence-corrected chi connectivity index (χ2v) is 3.49. The maximum Gasteiger partial charge on any atom is -0.0227 e. The van der Waals surface area contributed by atoms with Crippen LogP contribution >= 0.6 is 0 Å². The predicted octanol–water partition coefficient (Wildman–Crippen LogP) is 4.37. The molecule has 0 unspecified atom stereocenters. The van der Waals surface area contributed by atoms with E-state index in [0.29, 0.717) is 0 Å². The van der Waals surface area contributed by atoms with Crippen LogP contribution in [0.1, 0.15) is 38.5 Å². The summed E-state index contributed by atoms with van der Waals surface area (Å²) in [6.07, 6.45) is 25.5. The lowest BCUT2D eigenvalue weighted by Crippen LogP contribution is -1.73. The molecular weight excluding hydrogens is 168 g/mol. The molecule has 0 bridgehead atoms. The second kappa shape index (κ2) is 8.55. The molecule has 1 aliphatic carbocycles. The van der Waals surface area contributed by atoms with Crippen LogP contribution in [-0.4, -0.2) is 0 Å². The van der Waals surface area contributed by atoms with Gasteiger partial charge in [-0.05, 0) is 44.6 Å². The van der Waals surface area contributed by atoms with Gasteiger partial charge in [-0.3, -0.25) is 0 Å². The molecule has 1 radical (unpaired) electrons. The zero-order valence-corrected chi connectivity index (χ0v) is 8.78. The predicted molar refractivity (Wildman–Crippen MR) is 62.9 cm³/mol. The minimum atomic E-state index is 1.10. The summed E-state index contributed by atoms with van der Waals surface area (Å²) in [5.41, 5.74) is 0. The highest BCUT2D eigenvalue weighted by Crippen LogP contribution is 2.03. The summed E-state index contributed by atoms with van der Waals surface area (Å²) in [6, 6.07) is 0. The average molecular weight is 187 g/mol. The van der Waals surface area contributed by atoms with E-state index in [9.17, 15) is 0 Å². The van der Waals surface area contributed by atoms with E-state index in [0.717, 1.165) is 12.8 Å². The zero-order chi connectivity index (χ0) is 9.90. The summed E-state index contributed by atoms with van der Waals surface area (Å²) >= 11 is 0. The Morgan fingerprint density at radius 2 is 1.50 bits per heavy atom. The van der Waals surface area contributed by atoms with Gasteiger partial charge in [0.25, 0.3) is 0 Å². The largest absolute Gasteiger partial charge is 0.0885 e. The highest BCUT2D eigenvalue weighted by Gasteiger charge is 1.83. The molecule has 0 aliphatic heterocycles. The van der Waals surface area contributed by atoms with Crippen molar-refractivity contribution in [2.24, 2.45) is 0 Å². The molecule has 0 N–H and O–H groups in total. The van der Waals surface area contributed by atoms with Crippen molar-refractivity contribution in [1.82, 2.24) is 0 Å². The first-order chi connectivity index (χ1) is 7.00. The Morgan fingerprint density at radius 3 is 2.43 bits per heavy atom. The molecule has 0 atom stereocenters. The number of hydrogen-bond acceptors (Lipinski definition) is 0. The lowest BCUT2D eigenvalue weighted by Gasteiger charge is -1.93. The first kappa shape index (κ1) is 11.0. The molecule has 0 aromatic carbocycles. The van der Waals surface area contributed by atoms with E-state index in [4.69, 9.17) is 0 Å². The SMILES string of the molecule is [C]1=C/CC/C=C/CCCC/C=C/C=C/1. The van der Waals surface area contributed by atoms with Crippen LogP contribution in [0.25, 0.3) is 0 Å². The highest BCUT2D eigenvalue weighted by atomic mass is 13.9. The number of allylic oxidation sites excluding steroid dienone is 8. The molecule has 0 heteroatoms. The topological polar surface area (TPSA) is 0 Å². The molecule has 0 aromatic heterocycles. The van der Waals surface area contributed by atoms with Gasteiger partial charge in [-0.25, -0.2) is 0 Å². The minimum Gasteiger partial charge on any atom is -0.0885 e. The van der Waals surface area contributed by atoms with Crippen molar-refractivity contribution in [2.75, 3.05) is 0 Å². The van der Waals surface area contributed by atoms with E-state index in [1.807, 2.05) is 6.08 Å². The van der Waals surface area contributed by atoms with Gasteiger partial charge in [0.15, 0.2) is 0 Å². The van der Waals surface area contributed by atoms with E-state index in [-0.39, 0.29) is 0 Å². The summed E-state index contributed by atoms with van der Waals surface area (Å²) in [5.74, 6) is 0. The standard InChI is InChI=1S/C14H19/c1-2-4-6-8-10-12-14-13-11-9-7-5-3-1/h1-4,8,13-14H,5,7,9-12H2/b3-1+,4-2+,8-6?,14-13+. The summed E-state index contributed by atoms with van der Waals surface area (Å²) in [7, 11) is 0. The normalized spacial score (nSPS) is 28.6. The third-order valence-corrected chi connectivity index (χ3v) is 2.19. The smallest absolute Gasteiger partial charge is 0.0227 e. The molecule has 1 rings (SSSR count). The lowest BCUT2D eigenvalue weighted by molar-refractivity contribution is 0.760. The van der Waals surface area contributed by atoms with Gasteiger partial charge < -0.3 is 0 Å². The molecule has 75 valence electrons. The Morgan fingerprint density at radius 1 is 0.714 bits per heavy atom. The van der Waals surface area contributed by atoms with Crippen molar-refractivity contribution in [2.45, 2.75) is 38.5 Å². The average Bonchev–Trinajstić information content (AvgIpc) is 2.22. The highest BCUT2D eigenvalue weighted by molar-refractivity contribution is 5.07. The number of hydrogen-bond donors (Lipinski definition) is 0. The first-order valence-electron chi connectivity index (χ1n) is 5.54. The molecule has 0 saturated carbocycles. The molecule has 1 aliphatic rings. The summed E-state index contributed by atoms with van der Waals surface area (Å²) < 4.78 is 0. The Labute approximate surface area is 87.7 Å². The van der Waals surface area contributed by atoms with Crippen molar-refractivity contribution in [3.8, 4) is 0 Å². The van der Waals surface area contributed by atoms with Crippen LogP contribution < -0.4 is 0 Å². The fourth-order valence-electron chi connectivity index (χ4n) is 1.38. The van der Waals surface area contributed by atoms with Gasteiger partial charge in [0.2, 0.25) is 0 Å². The van der Waals surface area contributed by atoms with Crippen LogP contribution in [0.3, 0.4) is 0 Å². The van der Waals surface area contributed by atoms with E-state index in [1.54, 1.807) is 0 Å². The van der Waals surface area contributed by atoms with Gasteiger partial charge >= 0.3 is 0 Å². The molecule has 0 fully saturated rings. The van der Waals surface area contributed by atoms with Crippen LogP contribution in [0.4, 0.5) is 0 Å². The van der Waals surface area contributed by atoms with Gasteiger partial charge in [0.1, 0.15) is 0 Å². The molecule has 0 heterocycles. The maximum absolute atomic E-state index is 3.15. The van der Waals surface area contributed by atoms with Crippen molar-refractivity contribution >= 4 is 0 Å². The van der Waals surface area contributed by atoms with E-state index in [1.165, 1.54) is 25.7 Å². The Hall–Kier alpha value is -1.04. The third-order valence-electron chi connectivity index (χ3n) is 2.19. The van der Waals surface area contributed by atoms with Gasteiger partial charge in [-0.15, -0.1) is 0 Å². The fourth-order valence-corrected chi connectivity index (χ4v) is 1.38. The van der Waals surface area contributed by atoms with Crippen LogP contribution in [0.2, 0.25) is 0 Å². The molecule has 0 saturated heterocycles. The molecular formula is C14H19. The third kappa shape index (κ3) is 6.47. The van der Waals surface area contributed by atoms with Crippen molar-refractivity contribution < 1.29 is 0 Å². The number of rotatable bonds is 0. The minimum absolute atomic E-state index is 1.10. The molecule has 14 heavy (non-hydrogen) atoms. The monoisotopic (exact) mass is 187 g/mol. The summed E-state index contributed by atoms with van der Waals surface area (Å²) in [4.78, 5) is 0. The van der Waals surface area contributed by atoms with Crippen molar-refractivity contribution in [1.29, 1.82) is 0 Å². The molecule has 0 aromatic rings. The summed E-state index contributed by atoms with van der Waals surface area (Å²) in [6.45, 7) is 0. The molecule has 0 spiro atoms. The van der Waals surface area contributed by atoms with Crippen LogP contribution in [0.15, 0.2) is 42.5 Å². The Kier molecular flexibility index (Phi) is 6.74. The molecule has 0 nitrogen and oxygen atoms in total. The van der Waals surface area contributed by atoms with Gasteiger partial charge in [0, 0.05) is 0 Å². The van der Waals surface area contributed by atoms with E-state index < -0.39 is 0 Å². The first-order valence-corrected chi connectivity index (χ1v) is 5.54. The molecule has 0 amide bonds. The second-order valence-electron chi connectivity index (χ2n) is 3.49. The van der Waals surface area contributed by atoms with Crippen LogP contribution in [0, 0.1) is 6.08 Å². The fraction of sp³-hybridized carbons (Fsp3) is 0.429. The van der Waals surface area contributed by atoms with E-state index in [2.05, 4.69) is 42.5 Å². The Balaban J connectivity index is 2.35. The van der Waals surface area contributed by atoms with Crippen molar-refractivity contribution in [3.05, 3.63) is 48.6 Å². The van der Waals surface area contributed by atoms with Crippen LogP contribution in [0.5, 0.6) is 0 Å². The van der Waals surface area contributed by atoms with Gasteiger partial charge in [-0.1, -0.05) is 42.5 Å². The lowest BCUT2D eigenvalue weighted by atomic mass is 10.1. The Bertz CT molecular complexity index is 228. The van der Waals surface area contributed by atoms with Gasteiger partial charge in [-0.2, -0.15) is 0 Å². The van der Waals surface area contributed by atoms with Gasteiger partial charge in [0.05, 0.1) is 0 Å². The van der Waals surface area contributed by atoms with Crippen LogP contribution in [-0.2, 0) is 0 Å². The van der Waals surface area contributed by atoms with Crippen molar-refractivity contribution in [3.63, 3.8) is 0 Å². The summed E-state index contributed by atoms with van der Waals surface area (Å²) in [5, 5.41) is 0.